The van der Waals surface area contributed by atoms with E-state index in [1.807, 2.05) is 11.5 Å². The molecule has 0 radical (unpaired) electrons. The van der Waals surface area contributed by atoms with Gasteiger partial charge in [-0.15, -0.1) is 16.8 Å². The van der Waals surface area contributed by atoms with Crippen molar-refractivity contribution in [3.63, 3.8) is 0 Å². The minimum absolute atomic E-state index is 0.170. The lowest BCUT2D eigenvalue weighted by Crippen LogP contribution is -2.15. The number of allylic oxidation sites excluding steroid dienone is 1. The molecule has 10 heteroatoms. The van der Waals surface area contributed by atoms with Gasteiger partial charge in [0.1, 0.15) is 11.6 Å². The predicted molar refractivity (Wildman–Crippen MR) is 153 cm³/mol. The van der Waals surface area contributed by atoms with Crippen LogP contribution >= 0.6 is 50.9 Å². The highest BCUT2D eigenvalue weighted by atomic mass is 79.9. The first-order valence-corrected chi connectivity index (χ1v) is 14.1. The van der Waals surface area contributed by atoms with Crippen molar-refractivity contribution in [1.82, 2.24) is 14.8 Å². The Kier molecular flexibility index (Phi) is 10.7. The van der Waals surface area contributed by atoms with Crippen LogP contribution in [0, 0.1) is 6.92 Å². The number of aromatic nitrogens is 3. The summed E-state index contributed by atoms with van der Waals surface area (Å²) in [5.41, 5.74) is 2.87. The molecule has 0 unspecified atom stereocenters. The van der Waals surface area contributed by atoms with E-state index in [9.17, 15) is 4.79 Å². The highest BCUT2D eigenvalue weighted by Crippen LogP contribution is 2.32. The summed E-state index contributed by atoms with van der Waals surface area (Å²) in [5, 5.41) is 13.0. The van der Waals surface area contributed by atoms with Crippen molar-refractivity contribution >= 4 is 62.5 Å². The van der Waals surface area contributed by atoms with E-state index in [1.54, 1.807) is 24.3 Å². The molecule has 0 spiro atoms. The van der Waals surface area contributed by atoms with Crippen LogP contribution in [-0.4, -0.2) is 33.0 Å². The number of aryl methyl sites for hydroxylation is 2. The van der Waals surface area contributed by atoms with Crippen LogP contribution in [0.2, 0.25) is 10.0 Å². The van der Waals surface area contributed by atoms with Gasteiger partial charge in [0, 0.05) is 33.2 Å². The van der Waals surface area contributed by atoms with Gasteiger partial charge in [0.05, 0.1) is 12.4 Å². The number of carbonyl (C=O) groups is 1. The second-order valence-corrected chi connectivity index (χ2v) is 11.2. The zero-order valence-corrected chi connectivity index (χ0v) is 24.4. The summed E-state index contributed by atoms with van der Waals surface area (Å²) < 4.78 is 9.17. The fraction of sp³-hybridized carbons (Fsp3) is 0.346. The SMILES string of the molecule is C=CCn1c(CCCOc2cc(C(C)C)c(Br)cc2C)nnc1SCC(=O)Nc1cc(Cl)cc(Cl)c1. The number of rotatable bonds is 12. The van der Waals surface area contributed by atoms with E-state index < -0.39 is 0 Å². The van der Waals surface area contributed by atoms with Crippen molar-refractivity contribution in [3.05, 3.63) is 74.5 Å². The number of benzene rings is 2. The standard InChI is InChI=1S/C26H29BrCl2N4O2S/c1-5-8-33-24(7-6-9-35-23-14-21(16(2)3)22(27)10-17(23)4)31-32-26(33)36-15-25(34)30-20-12-18(28)11-19(29)13-20/h5,10-14,16H,1,6-9,15H2,2-4H3,(H,30,34). The van der Waals surface area contributed by atoms with Crippen LogP contribution in [0.25, 0.3) is 0 Å². The third-order valence-corrected chi connectivity index (χ3v) is 7.39. The molecule has 0 saturated carbocycles. The Labute approximate surface area is 234 Å². The molecule has 0 saturated heterocycles. The van der Waals surface area contributed by atoms with Crippen LogP contribution in [0.4, 0.5) is 5.69 Å². The summed E-state index contributed by atoms with van der Waals surface area (Å²) in [7, 11) is 0. The Bertz CT molecular complexity index is 1210. The van der Waals surface area contributed by atoms with Gasteiger partial charge in [-0.2, -0.15) is 0 Å². The number of hydrogen-bond donors (Lipinski definition) is 1. The summed E-state index contributed by atoms with van der Waals surface area (Å²) in [5.74, 6) is 2.12. The third-order valence-electron chi connectivity index (χ3n) is 5.30. The summed E-state index contributed by atoms with van der Waals surface area (Å²) in [6, 6.07) is 9.12. The largest absolute Gasteiger partial charge is 0.493 e. The van der Waals surface area contributed by atoms with Crippen molar-refractivity contribution in [2.24, 2.45) is 0 Å². The fourth-order valence-electron chi connectivity index (χ4n) is 3.56. The predicted octanol–water partition coefficient (Wildman–Crippen LogP) is 7.71. The first-order chi connectivity index (χ1) is 17.2. The zero-order valence-electron chi connectivity index (χ0n) is 20.5. The average Bonchev–Trinajstić information content (AvgIpc) is 3.17. The lowest BCUT2D eigenvalue weighted by Gasteiger charge is -2.15. The normalized spacial score (nSPS) is 11.1. The van der Waals surface area contributed by atoms with Gasteiger partial charge < -0.3 is 14.6 Å². The van der Waals surface area contributed by atoms with Gasteiger partial charge in [0.25, 0.3) is 0 Å². The van der Waals surface area contributed by atoms with E-state index in [1.165, 1.54) is 17.3 Å². The van der Waals surface area contributed by atoms with E-state index in [0.29, 0.717) is 46.4 Å². The van der Waals surface area contributed by atoms with Crippen LogP contribution in [0.15, 0.2) is 52.6 Å². The molecule has 6 nitrogen and oxygen atoms in total. The Balaban J connectivity index is 1.56. The quantitative estimate of drug-likeness (QED) is 0.129. The van der Waals surface area contributed by atoms with Crippen molar-refractivity contribution in [2.45, 2.75) is 51.2 Å². The summed E-state index contributed by atoms with van der Waals surface area (Å²) in [6.45, 7) is 11.3. The Morgan fingerprint density at radius 3 is 2.61 bits per heavy atom. The van der Waals surface area contributed by atoms with E-state index in [2.05, 4.69) is 64.0 Å². The van der Waals surface area contributed by atoms with Crippen LogP contribution in [-0.2, 0) is 17.8 Å². The summed E-state index contributed by atoms with van der Waals surface area (Å²) >= 11 is 17.0. The molecule has 1 aromatic heterocycles. The first kappa shape index (κ1) is 28.6. The molecule has 0 aliphatic rings. The monoisotopic (exact) mass is 610 g/mol. The Hall–Kier alpha value is -2.00. The van der Waals surface area contributed by atoms with Crippen LogP contribution in [0.5, 0.6) is 5.75 Å². The Morgan fingerprint density at radius 2 is 1.94 bits per heavy atom. The van der Waals surface area contributed by atoms with E-state index in [0.717, 1.165) is 28.0 Å². The number of thioether (sulfide) groups is 1. The molecule has 3 aromatic rings. The molecule has 0 atom stereocenters. The number of amides is 1. The highest BCUT2D eigenvalue weighted by Gasteiger charge is 2.15. The molecule has 0 bridgehead atoms. The van der Waals surface area contributed by atoms with Crippen molar-refractivity contribution in [3.8, 4) is 5.75 Å². The maximum Gasteiger partial charge on any atom is 0.234 e. The van der Waals surface area contributed by atoms with E-state index >= 15 is 0 Å². The number of carbonyl (C=O) groups excluding carboxylic acids is 1. The first-order valence-electron chi connectivity index (χ1n) is 11.5. The van der Waals surface area contributed by atoms with Gasteiger partial charge in [0.2, 0.25) is 5.91 Å². The number of halogens is 3. The van der Waals surface area contributed by atoms with Crippen LogP contribution in [0.1, 0.15) is 43.1 Å². The average molecular weight is 612 g/mol. The molecule has 192 valence electrons. The second kappa shape index (κ2) is 13.5. The zero-order chi connectivity index (χ0) is 26.2. The lowest BCUT2D eigenvalue weighted by atomic mass is 10.0. The third kappa shape index (κ3) is 8.00. The van der Waals surface area contributed by atoms with Gasteiger partial charge in [-0.1, -0.05) is 70.8 Å². The lowest BCUT2D eigenvalue weighted by molar-refractivity contribution is -0.113. The minimum Gasteiger partial charge on any atom is -0.493 e. The maximum absolute atomic E-state index is 12.4. The fourth-order valence-corrected chi connectivity index (χ4v) is 5.76. The van der Waals surface area contributed by atoms with E-state index in [-0.39, 0.29) is 11.7 Å². The molecule has 2 aromatic carbocycles. The molecule has 1 amide bonds. The smallest absolute Gasteiger partial charge is 0.234 e. The van der Waals surface area contributed by atoms with Gasteiger partial charge in [-0.05, 0) is 60.7 Å². The minimum atomic E-state index is -0.188. The van der Waals surface area contributed by atoms with E-state index in [4.69, 9.17) is 27.9 Å². The topological polar surface area (TPSA) is 69.0 Å². The number of nitrogens with zero attached hydrogens (tertiary/aromatic N) is 3. The van der Waals surface area contributed by atoms with Gasteiger partial charge in [0.15, 0.2) is 5.16 Å². The number of anilines is 1. The molecule has 1 heterocycles. The van der Waals surface area contributed by atoms with Crippen molar-refractivity contribution in [2.75, 3.05) is 17.7 Å². The molecule has 0 aliphatic heterocycles. The molecule has 0 fully saturated rings. The second-order valence-electron chi connectivity index (χ2n) is 8.54. The molecule has 3 rings (SSSR count). The van der Waals surface area contributed by atoms with Crippen LogP contribution < -0.4 is 10.1 Å². The number of hydrogen-bond acceptors (Lipinski definition) is 5. The molecular formula is C26H29BrCl2N4O2S. The number of ether oxygens (including phenoxy) is 1. The number of nitrogens with one attached hydrogen (secondary N) is 1. The van der Waals surface area contributed by atoms with Crippen molar-refractivity contribution in [1.29, 1.82) is 0 Å². The summed E-state index contributed by atoms with van der Waals surface area (Å²) in [6.07, 6.45) is 3.27. The molecule has 36 heavy (non-hydrogen) atoms. The molecule has 1 N–H and O–H groups in total. The Morgan fingerprint density at radius 1 is 1.22 bits per heavy atom. The van der Waals surface area contributed by atoms with Crippen LogP contribution in [0.3, 0.4) is 0 Å². The van der Waals surface area contributed by atoms with Gasteiger partial charge >= 0.3 is 0 Å². The van der Waals surface area contributed by atoms with Gasteiger partial charge in [-0.25, -0.2) is 0 Å². The van der Waals surface area contributed by atoms with Gasteiger partial charge in [-0.3, -0.25) is 4.79 Å². The molecular weight excluding hydrogens is 583 g/mol. The summed E-state index contributed by atoms with van der Waals surface area (Å²) in [4.78, 5) is 12.4. The highest BCUT2D eigenvalue weighted by molar-refractivity contribution is 9.10. The van der Waals surface area contributed by atoms with Crippen molar-refractivity contribution < 1.29 is 9.53 Å². The molecule has 0 aliphatic carbocycles. The maximum atomic E-state index is 12.4.